The normalized spacial score (nSPS) is 10.4. The lowest BCUT2D eigenvalue weighted by Gasteiger charge is -2.17. The highest BCUT2D eigenvalue weighted by Crippen LogP contribution is 2.04. The molecular formula is C15H19N3O. The van der Waals surface area contributed by atoms with E-state index in [1.807, 2.05) is 49.8 Å². The lowest BCUT2D eigenvalue weighted by atomic mass is 10.2. The van der Waals surface area contributed by atoms with E-state index in [2.05, 4.69) is 9.55 Å². The standard InChI is InChI=1S/C15H19N3O/c1-14-10-17(12-16-14)8-5-9-18(13-19)11-15-6-3-2-4-7-15/h2-4,6-7,10,12-13H,5,8-9,11H2,1H3. The SMILES string of the molecule is Cc1cn(CCCN(C=O)Cc2ccccc2)cn1. The summed E-state index contributed by atoms with van der Waals surface area (Å²) in [6.07, 6.45) is 5.70. The molecule has 0 N–H and O–H groups in total. The third-order valence-electron chi connectivity index (χ3n) is 3.00. The lowest BCUT2D eigenvalue weighted by molar-refractivity contribution is -0.118. The molecule has 100 valence electrons. The van der Waals surface area contributed by atoms with Crippen LogP contribution in [0, 0.1) is 6.92 Å². The molecule has 1 heterocycles. The van der Waals surface area contributed by atoms with Crippen molar-refractivity contribution in [2.75, 3.05) is 6.54 Å². The maximum Gasteiger partial charge on any atom is 0.210 e. The number of imidazole rings is 1. The molecule has 1 amide bonds. The van der Waals surface area contributed by atoms with Gasteiger partial charge in [0, 0.05) is 25.8 Å². The van der Waals surface area contributed by atoms with Crippen molar-refractivity contribution in [3.05, 3.63) is 54.1 Å². The summed E-state index contributed by atoms with van der Waals surface area (Å²) < 4.78 is 2.06. The molecule has 0 spiro atoms. The summed E-state index contributed by atoms with van der Waals surface area (Å²) in [5, 5.41) is 0. The van der Waals surface area contributed by atoms with Gasteiger partial charge in [-0.25, -0.2) is 4.98 Å². The number of aryl methyl sites for hydroxylation is 2. The largest absolute Gasteiger partial charge is 0.341 e. The van der Waals surface area contributed by atoms with Crippen LogP contribution in [-0.4, -0.2) is 27.4 Å². The van der Waals surface area contributed by atoms with Crippen molar-refractivity contribution in [1.82, 2.24) is 14.5 Å². The third kappa shape index (κ3) is 4.25. The Hall–Kier alpha value is -2.10. The van der Waals surface area contributed by atoms with Crippen LogP contribution in [0.3, 0.4) is 0 Å². The van der Waals surface area contributed by atoms with Crippen LogP contribution in [0.2, 0.25) is 0 Å². The van der Waals surface area contributed by atoms with E-state index in [1.54, 1.807) is 4.90 Å². The van der Waals surface area contributed by atoms with Gasteiger partial charge < -0.3 is 9.47 Å². The van der Waals surface area contributed by atoms with Crippen LogP contribution in [0.5, 0.6) is 0 Å². The Morgan fingerprint density at radius 2 is 2.11 bits per heavy atom. The molecular weight excluding hydrogens is 238 g/mol. The van der Waals surface area contributed by atoms with E-state index in [-0.39, 0.29) is 0 Å². The van der Waals surface area contributed by atoms with Crippen LogP contribution in [0.15, 0.2) is 42.9 Å². The summed E-state index contributed by atoms with van der Waals surface area (Å²) >= 11 is 0. The lowest BCUT2D eigenvalue weighted by Crippen LogP contribution is -2.23. The van der Waals surface area contributed by atoms with Gasteiger partial charge in [0.15, 0.2) is 0 Å². The zero-order valence-electron chi connectivity index (χ0n) is 11.2. The molecule has 0 radical (unpaired) electrons. The van der Waals surface area contributed by atoms with Gasteiger partial charge in [0.25, 0.3) is 0 Å². The average Bonchev–Trinajstić information content (AvgIpc) is 2.84. The number of nitrogens with zero attached hydrogens (tertiary/aromatic N) is 3. The molecule has 0 aliphatic carbocycles. The van der Waals surface area contributed by atoms with E-state index in [1.165, 1.54) is 0 Å². The van der Waals surface area contributed by atoms with Crippen molar-refractivity contribution in [3.63, 3.8) is 0 Å². The summed E-state index contributed by atoms with van der Waals surface area (Å²) in [5.41, 5.74) is 2.18. The van der Waals surface area contributed by atoms with Gasteiger partial charge in [0.05, 0.1) is 12.0 Å². The molecule has 0 fully saturated rings. The number of amides is 1. The first-order valence-electron chi connectivity index (χ1n) is 6.49. The Morgan fingerprint density at radius 3 is 2.74 bits per heavy atom. The van der Waals surface area contributed by atoms with Crippen molar-refractivity contribution >= 4 is 6.41 Å². The number of aromatic nitrogens is 2. The maximum absolute atomic E-state index is 11.1. The number of hydrogen-bond acceptors (Lipinski definition) is 2. The Kier molecular flexibility index (Phi) is 4.72. The molecule has 2 aromatic rings. The summed E-state index contributed by atoms with van der Waals surface area (Å²) in [6.45, 7) is 4.30. The van der Waals surface area contributed by atoms with E-state index in [0.717, 1.165) is 37.2 Å². The van der Waals surface area contributed by atoms with E-state index < -0.39 is 0 Å². The van der Waals surface area contributed by atoms with Gasteiger partial charge in [-0.1, -0.05) is 30.3 Å². The first kappa shape index (κ1) is 13.3. The minimum absolute atomic E-state index is 0.674. The molecule has 0 unspecified atom stereocenters. The maximum atomic E-state index is 11.1. The monoisotopic (exact) mass is 257 g/mol. The van der Waals surface area contributed by atoms with Crippen LogP contribution in [0.4, 0.5) is 0 Å². The van der Waals surface area contributed by atoms with Gasteiger partial charge in [-0.2, -0.15) is 0 Å². The number of benzene rings is 1. The average molecular weight is 257 g/mol. The second-order valence-corrected chi connectivity index (χ2v) is 4.67. The summed E-state index contributed by atoms with van der Waals surface area (Å²) in [5.74, 6) is 0. The first-order chi connectivity index (χ1) is 9.28. The minimum atomic E-state index is 0.674. The number of rotatable bonds is 7. The smallest absolute Gasteiger partial charge is 0.210 e. The molecule has 0 atom stereocenters. The van der Waals surface area contributed by atoms with Gasteiger partial charge in [-0.05, 0) is 18.9 Å². The summed E-state index contributed by atoms with van der Waals surface area (Å²) in [6, 6.07) is 10.0. The molecule has 19 heavy (non-hydrogen) atoms. The quantitative estimate of drug-likeness (QED) is 0.713. The van der Waals surface area contributed by atoms with Crippen molar-refractivity contribution in [1.29, 1.82) is 0 Å². The van der Waals surface area contributed by atoms with Gasteiger partial charge in [-0.3, -0.25) is 4.79 Å². The third-order valence-corrected chi connectivity index (χ3v) is 3.00. The van der Waals surface area contributed by atoms with Crippen LogP contribution in [0.25, 0.3) is 0 Å². The van der Waals surface area contributed by atoms with Gasteiger partial charge in [0.1, 0.15) is 0 Å². The summed E-state index contributed by atoms with van der Waals surface area (Å²) in [4.78, 5) is 17.0. The highest BCUT2D eigenvalue weighted by molar-refractivity contribution is 5.47. The van der Waals surface area contributed by atoms with Crippen molar-refractivity contribution in [2.24, 2.45) is 0 Å². The Labute approximate surface area is 113 Å². The predicted octanol–water partition coefficient (Wildman–Crippen LogP) is 2.24. The zero-order chi connectivity index (χ0) is 13.5. The van der Waals surface area contributed by atoms with Crippen molar-refractivity contribution < 1.29 is 4.79 Å². The zero-order valence-corrected chi connectivity index (χ0v) is 11.2. The molecule has 1 aromatic heterocycles. The number of hydrogen-bond donors (Lipinski definition) is 0. The fourth-order valence-electron chi connectivity index (χ4n) is 2.04. The molecule has 0 bridgehead atoms. The highest BCUT2D eigenvalue weighted by Gasteiger charge is 2.03. The highest BCUT2D eigenvalue weighted by atomic mass is 16.1. The van der Waals surface area contributed by atoms with Crippen LogP contribution in [-0.2, 0) is 17.9 Å². The number of carbonyl (C=O) groups excluding carboxylic acids is 1. The topological polar surface area (TPSA) is 38.1 Å². The Balaban J connectivity index is 1.78. The molecule has 4 nitrogen and oxygen atoms in total. The van der Waals surface area contributed by atoms with Crippen LogP contribution >= 0.6 is 0 Å². The van der Waals surface area contributed by atoms with Gasteiger partial charge in [-0.15, -0.1) is 0 Å². The second-order valence-electron chi connectivity index (χ2n) is 4.67. The van der Waals surface area contributed by atoms with Crippen molar-refractivity contribution in [2.45, 2.75) is 26.4 Å². The van der Waals surface area contributed by atoms with Gasteiger partial charge in [0.2, 0.25) is 6.41 Å². The van der Waals surface area contributed by atoms with Crippen molar-refractivity contribution in [3.8, 4) is 0 Å². The molecule has 0 aliphatic rings. The van der Waals surface area contributed by atoms with E-state index in [9.17, 15) is 4.79 Å². The Bertz CT molecular complexity index is 507. The fourth-order valence-corrected chi connectivity index (χ4v) is 2.04. The molecule has 4 heteroatoms. The first-order valence-corrected chi connectivity index (χ1v) is 6.49. The van der Waals surface area contributed by atoms with Crippen LogP contribution in [0.1, 0.15) is 17.7 Å². The molecule has 0 saturated carbocycles. The molecule has 1 aromatic carbocycles. The summed E-state index contributed by atoms with van der Waals surface area (Å²) in [7, 11) is 0. The fraction of sp³-hybridized carbons (Fsp3) is 0.333. The molecule has 0 aliphatic heterocycles. The minimum Gasteiger partial charge on any atom is -0.341 e. The van der Waals surface area contributed by atoms with E-state index >= 15 is 0 Å². The van der Waals surface area contributed by atoms with Crippen LogP contribution < -0.4 is 0 Å². The van der Waals surface area contributed by atoms with Gasteiger partial charge >= 0.3 is 0 Å². The number of carbonyl (C=O) groups is 1. The molecule has 2 rings (SSSR count). The second kappa shape index (κ2) is 6.73. The predicted molar refractivity (Wildman–Crippen MR) is 74.5 cm³/mol. The van der Waals surface area contributed by atoms with E-state index in [0.29, 0.717) is 6.54 Å². The molecule has 0 saturated heterocycles. The Morgan fingerprint density at radius 1 is 1.32 bits per heavy atom. The van der Waals surface area contributed by atoms with E-state index in [4.69, 9.17) is 0 Å².